The largest absolute Gasteiger partial charge is 0.469 e. The number of ether oxygens (including phenoxy) is 1. The van der Waals surface area contributed by atoms with Crippen LogP contribution in [0.15, 0.2) is 18.2 Å². The summed E-state index contributed by atoms with van der Waals surface area (Å²) in [5, 5.41) is 3.29. The third-order valence-electron chi connectivity index (χ3n) is 3.26. The zero-order valence-electron chi connectivity index (χ0n) is 12.7. The summed E-state index contributed by atoms with van der Waals surface area (Å²) in [5.41, 5.74) is 4.06. The first kappa shape index (κ1) is 15.7. The minimum atomic E-state index is -0.173. The summed E-state index contributed by atoms with van der Waals surface area (Å²) in [7, 11) is 1.42. The molecule has 0 fully saturated rings. The van der Waals surface area contributed by atoms with Crippen molar-refractivity contribution >= 4 is 5.97 Å². The monoisotopic (exact) mass is 263 g/mol. The van der Waals surface area contributed by atoms with E-state index < -0.39 is 0 Å². The summed E-state index contributed by atoms with van der Waals surface area (Å²) >= 11 is 0. The molecule has 0 saturated heterocycles. The fourth-order valence-electron chi connectivity index (χ4n) is 1.84. The maximum absolute atomic E-state index is 11.0. The van der Waals surface area contributed by atoms with E-state index in [4.69, 9.17) is 0 Å². The number of benzene rings is 1. The van der Waals surface area contributed by atoms with E-state index in [-0.39, 0.29) is 11.4 Å². The summed E-state index contributed by atoms with van der Waals surface area (Å²) < 4.78 is 4.61. The van der Waals surface area contributed by atoms with Gasteiger partial charge in [-0.1, -0.05) is 39.0 Å². The molecule has 1 rings (SSSR count). The lowest BCUT2D eigenvalue weighted by molar-refractivity contribution is -0.140. The third-order valence-corrected chi connectivity index (χ3v) is 3.26. The standard InChI is InChI=1S/C16H25NO2/c1-12-6-7-14(16(2,3)4)10-13(12)11-17-9-8-15(18)19-5/h6-7,10,17H,8-9,11H2,1-5H3. The van der Waals surface area contributed by atoms with Crippen molar-refractivity contribution in [2.45, 2.75) is 46.1 Å². The number of carbonyl (C=O) groups is 1. The molecular weight excluding hydrogens is 238 g/mol. The Kier molecular flexibility index (Phi) is 5.55. The molecule has 0 heterocycles. The van der Waals surface area contributed by atoms with Gasteiger partial charge in [-0.05, 0) is 29.0 Å². The highest BCUT2D eigenvalue weighted by Crippen LogP contribution is 2.24. The lowest BCUT2D eigenvalue weighted by Crippen LogP contribution is -2.19. The Morgan fingerprint density at radius 3 is 2.58 bits per heavy atom. The van der Waals surface area contributed by atoms with Crippen molar-refractivity contribution in [3.8, 4) is 0 Å². The van der Waals surface area contributed by atoms with Crippen LogP contribution < -0.4 is 5.32 Å². The van der Waals surface area contributed by atoms with Crippen LogP contribution in [-0.2, 0) is 21.5 Å². The molecule has 0 spiro atoms. The number of nitrogens with one attached hydrogen (secondary N) is 1. The van der Waals surface area contributed by atoms with E-state index in [1.54, 1.807) is 0 Å². The van der Waals surface area contributed by atoms with E-state index >= 15 is 0 Å². The van der Waals surface area contributed by atoms with E-state index in [0.717, 1.165) is 6.54 Å². The normalized spacial score (nSPS) is 11.4. The van der Waals surface area contributed by atoms with Gasteiger partial charge < -0.3 is 10.1 Å². The quantitative estimate of drug-likeness (QED) is 0.655. The molecule has 0 aliphatic heterocycles. The average molecular weight is 263 g/mol. The molecular formula is C16H25NO2. The number of hydrogen-bond acceptors (Lipinski definition) is 3. The van der Waals surface area contributed by atoms with Crippen molar-refractivity contribution in [1.82, 2.24) is 5.32 Å². The molecule has 0 aliphatic rings. The molecule has 1 aromatic rings. The number of aryl methyl sites for hydroxylation is 1. The van der Waals surface area contributed by atoms with Gasteiger partial charge in [0.05, 0.1) is 13.5 Å². The fourth-order valence-corrected chi connectivity index (χ4v) is 1.84. The first-order valence-electron chi connectivity index (χ1n) is 6.72. The second kappa shape index (κ2) is 6.71. The zero-order chi connectivity index (χ0) is 14.5. The van der Waals surface area contributed by atoms with Gasteiger partial charge in [-0.25, -0.2) is 0 Å². The van der Waals surface area contributed by atoms with Crippen LogP contribution in [0.3, 0.4) is 0 Å². The lowest BCUT2D eigenvalue weighted by Gasteiger charge is -2.21. The Morgan fingerprint density at radius 2 is 2.00 bits per heavy atom. The first-order valence-corrected chi connectivity index (χ1v) is 6.72. The minimum Gasteiger partial charge on any atom is -0.469 e. The fraction of sp³-hybridized carbons (Fsp3) is 0.562. The first-order chi connectivity index (χ1) is 8.84. The molecule has 1 aromatic carbocycles. The highest BCUT2D eigenvalue weighted by Gasteiger charge is 2.14. The van der Waals surface area contributed by atoms with E-state index in [1.165, 1.54) is 23.8 Å². The van der Waals surface area contributed by atoms with Gasteiger partial charge in [0, 0.05) is 13.1 Å². The molecule has 3 heteroatoms. The van der Waals surface area contributed by atoms with Crippen molar-refractivity contribution in [3.05, 3.63) is 34.9 Å². The highest BCUT2D eigenvalue weighted by molar-refractivity contribution is 5.69. The summed E-state index contributed by atoms with van der Waals surface area (Å²) in [6, 6.07) is 6.60. The number of esters is 1. The van der Waals surface area contributed by atoms with E-state index in [9.17, 15) is 4.79 Å². The molecule has 0 radical (unpaired) electrons. The van der Waals surface area contributed by atoms with Gasteiger partial charge in [0.15, 0.2) is 0 Å². The molecule has 0 bridgehead atoms. The van der Waals surface area contributed by atoms with Crippen molar-refractivity contribution in [2.75, 3.05) is 13.7 Å². The molecule has 0 unspecified atom stereocenters. The Morgan fingerprint density at radius 1 is 1.32 bits per heavy atom. The van der Waals surface area contributed by atoms with Crippen LogP contribution in [0.2, 0.25) is 0 Å². The van der Waals surface area contributed by atoms with Crippen molar-refractivity contribution in [2.24, 2.45) is 0 Å². The second-order valence-electron chi connectivity index (χ2n) is 5.89. The molecule has 1 N–H and O–H groups in total. The third kappa shape index (κ3) is 5.03. The maximum atomic E-state index is 11.0. The number of carbonyl (C=O) groups excluding carboxylic acids is 1. The number of rotatable bonds is 5. The van der Waals surface area contributed by atoms with Crippen LogP contribution in [0.25, 0.3) is 0 Å². The van der Waals surface area contributed by atoms with Gasteiger partial charge in [0.25, 0.3) is 0 Å². The smallest absolute Gasteiger partial charge is 0.306 e. The topological polar surface area (TPSA) is 38.3 Å². The zero-order valence-corrected chi connectivity index (χ0v) is 12.7. The highest BCUT2D eigenvalue weighted by atomic mass is 16.5. The van der Waals surface area contributed by atoms with Gasteiger partial charge in [0.1, 0.15) is 0 Å². The van der Waals surface area contributed by atoms with Crippen LogP contribution in [0.4, 0.5) is 0 Å². The second-order valence-corrected chi connectivity index (χ2v) is 5.89. The predicted molar refractivity (Wildman–Crippen MR) is 78.2 cm³/mol. The van der Waals surface area contributed by atoms with E-state index in [1.807, 2.05) is 0 Å². The van der Waals surface area contributed by atoms with Crippen LogP contribution in [0.5, 0.6) is 0 Å². The van der Waals surface area contributed by atoms with Crippen molar-refractivity contribution in [1.29, 1.82) is 0 Å². The Labute approximate surface area is 116 Å². The lowest BCUT2D eigenvalue weighted by atomic mass is 9.85. The molecule has 0 aliphatic carbocycles. The molecule has 0 amide bonds. The van der Waals surface area contributed by atoms with Gasteiger partial charge in [-0.3, -0.25) is 4.79 Å². The van der Waals surface area contributed by atoms with Gasteiger partial charge in [0.2, 0.25) is 0 Å². The summed E-state index contributed by atoms with van der Waals surface area (Å²) in [6.45, 7) is 10.2. The summed E-state index contributed by atoms with van der Waals surface area (Å²) in [5.74, 6) is -0.173. The average Bonchev–Trinajstić information content (AvgIpc) is 2.34. The van der Waals surface area contributed by atoms with Gasteiger partial charge in [-0.15, -0.1) is 0 Å². The molecule has 3 nitrogen and oxygen atoms in total. The van der Waals surface area contributed by atoms with E-state index in [2.05, 4.69) is 55.9 Å². The molecule has 0 saturated carbocycles. The van der Waals surface area contributed by atoms with Crippen molar-refractivity contribution < 1.29 is 9.53 Å². The van der Waals surface area contributed by atoms with Crippen LogP contribution in [0.1, 0.15) is 43.9 Å². The molecule has 19 heavy (non-hydrogen) atoms. The summed E-state index contributed by atoms with van der Waals surface area (Å²) in [4.78, 5) is 11.0. The van der Waals surface area contributed by atoms with Crippen LogP contribution >= 0.6 is 0 Å². The minimum absolute atomic E-state index is 0.161. The van der Waals surface area contributed by atoms with Gasteiger partial charge >= 0.3 is 5.97 Å². The molecule has 106 valence electrons. The van der Waals surface area contributed by atoms with Crippen LogP contribution in [0, 0.1) is 6.92 Å². The van der Waals surface area contributed by atoms with E-state index in [0.29, 0.717) is 13.0 Å². The number of methoxy groups -OCH3 is 1. The molecule has 0 atom stereocenters. The Bertz CT molecular complexity index is 433. The Balaban J connectivity index is 2.60. The molecule has 0 aromatic heterocycles. The van der Waals surface area contributed by atoms with Gasteiger partial charge in [-0.2, -0.15) is 0 Å². The van der Waals surface area contributed by atoms with Crippen molar-refractivity contribution in [3.63, 3.8) is 0 Å². The summed E-state index contributed by atoms with van der Waals surface area (Å²) in [6.07, 6.45) is 0.411. The maximum Gasteiger partial charge on any atom is 0.306 e. The SMILES string of the molecule is COC(=O)CCNCc1cc(C(C)(C)C)ccc1C. The Hall–Kier alpha value is -1.35. The predicted octanol–water partition coefficient (Wildman–Crippen LogP) is 2.95. The van der Waals surface area contributed by atoms with Crippen LogP contribution in [-0.4, -0.2) is 19.6 Å². The number of hydrogen-bond donors (Lipinski definition) is 1.